The Bertz CT molecular complexity index is 376. The van der Waals surface area contributed by atoms with E-state index in [0.717, 1.165) is 32.5 Å². The third kappa shape index (κ3) is 2.71. The van der Waals surface area contributed by atoms with Crippen LogP contribution in [-0.2, 0) is 4.79 Å². The Morgan fingerprint density at radius 3 is 2.60 bits per heavy atom. The summed E-state index contributed by atoms with van der Waals surface area (Å²) in [6.45, 7) is 4.59. The van der Waals surface area contributed by atoms with Crippen LogP contribution in [0.4, 0.5) is 0 Å². The number of fused-ring (bicyclic) bond motifs is 1. The molecule has 0 radical (unpaired) electrons. The standard InChI is InChI=1S/C15H27N3O2/c16-15(14(19)20)6-3-5-12(10-15)18-9-8-17-7-2-1-4-13(17)11-18/h12-13H,1-11,16H2,(H,19,20). The summed E-state index contributed by atoms with van der Waals surface area (Å²) < 4.78 is 0. The third-order valence-corrected chi connectivity index (χ3v) is 5.57. The molecule has 2 heterocycles. The van der Waals surface area contributed by atoms with E-state index < -0.39 is 11.5 Å². The second-order valence-corrected chi connectivity index (χ2v) is 6.89. The van der Waals surface area contributed by atoms with Gasteiger partial charge in [0.1, 0.15) is 5.54 Å². The van der Waals surface area contributed by atoms with E-state index in [-0.39, 0.29) is 0 Å². The van der Waals surface area contributed by atoms with Gasteiger partial charge in [-0.05, 0) is 45.1 Å². The van der Waals surface area contributed by atoms with E-state index >= 15 is 0 Å². The summed E-state index contributed by atoms with van der Waals surface area (Å²) in [5, 5.41) is 9.35. The van der Waals surface area contributed by atoms with Gasteiger partial charge in [-0.2, -0.15) is 0 Å². The molecule has 0 bridgehead atoms. The fraction of sp³-hybridized carbons (Fsp3) is 0.933. The lowest BCUT2D eigenvalue weighted by Crippen LogP contribution is -2.61. The molecule has 0 amide bonds. The highest BCUT2D eigenvalue weighted by molar-refractivity contribution is 5.78. The molecule has 20 heavy (non-hydrogen) atoms. The summed E-state index contributed by atoms with van der Waals surface area (Å²) in [5.41, 5.74) is 5.10. The summed E-state index contributed by atoms with van der Waals surface area (Å²) in [6.07, 6.45) is 7.28. The quantitative estimate of drug-likeness (QED) is 0.786. The Kier molecular flexibility index (Phi) is 4.02. The number of nitrogens with zero attached hydrogens (tertiary/aromatic N) is 2. The molecule has 5 nitrogen and oxygen atoms in total. The van der Waals surface area contributed by atoms with Gasteiger partial charge in [0.25, 0.3) is 0 Å². The van der Waals surface area contributed by atoms with Crippen molar-refractivity contribution < 1.29 is 9.90 Å². The highest BCUT2D eigenvalue weighted by Gasteiger charge is 2.42. The Morgan fingerprint density at radius 1 is 1.05 bits per heavy atom. The van der Waals surface area contributed by atoms with E-state index in [1.54, 1.807) is 0 Å². The number of nitrogens with two attached hydrogens (primary N) is 1. The van der Waals surface area contributed by atoms with Crippen LogP contribution in [-0.4, -0.2) is 64.7 Å². The minimum Gasteiger partial charge on any atom is -0.480 e. The molecule has 0 spiro atoms. The zero-order valence-electron chi connectivity index (χ0n) is 12.3. The van der Waals surface area contributed by atoms with E-state index in [4.69, 9.17) is 5.73 Å². The number of rotatable bonds is 2. The first-order chi connectivity index (χ1) is 9.58. The number of carboxylic acid groups (broad SMARTS) is 1. The summed E-state index contributed by atoms with van der Waals surface area (Å²) in [7, 11) is 0. The number of hydrogen-bond acceptors (Lipinski definition) is 4. The lowest BCUT2D eigenvalue weighted by molar-refractivity contribution is -0.145. The monoisotopic (exact) mass is 281 g/mol. The minimum atomic E-state index is -0.993. The van der Waals surface area contributed by atoms with E-state index in [0.29, 0.717) is 24.9 Å². The van der Waals surface area contributed by atoms with E-state index in [2.05, 4.69) is 9.80 Å². The molecule has 2 saturated heterocycles. The van der Waals surface area contributed by atoms with E-state index in [1.165, 1.54) is 25.8 Å². The van der Waals surface area contributed by atoms with Crippen LogP contribution in [0.15, 0.2) is 0 Å². The molecule has 5 heteroatoms. The Morgan fingerprint density at radius 2 is 1.80 bits per heavy atom. The molecule has 3 rings (SSSR count). The predicted octanol–water partition coefficient (Wildman–Crippen LogP) is 0.881. The van der Waals surface area contributed by atoms with Crippen molar-refractivity contribution in [3.05, 3.63) is 0 Å². The molecule has 114 valence electrons. The van der Waals surface area contributed by atoms with Crippen molar-refractivity contribution in [2.75, 3.05) is 26.2 Å². The number of piperazine rings is 1. The molecule has 0 aromatic heterocycles. The number of aliphatic carboxylic acids is 1. The summed E-state index contributed by atoms with van der Waals surface area (Å²) in [4.78, 5) is 16.5. The molecule has 1 saturated carbocycles. The molecular weight excluding hydrogens is 254 g/mol. The molecule has 3 fully saturated rings. The Balaban J connectivity index is 1.63. The van der Waals surface area contributed by atoms with Gasteiger partial charge in [0.05, 0.1) is 0 Å². The van der Waals surface area contributed by atoms with Crippen molar-refractivity contribution in [1.29, 1.82) is 0 Å². The van der Waals surface area contributed by atoms with Gasteiger partial charge in [-0.15, -0.1) is 0 Å². The molecule has 3 N–H and O–H groups in total. The molecule has 0 aromatic carbocycles. The smallest absolute Gasteiger partial charge is 0.323 e. The molecule has 3 unspecified atom stereocenters. The first kappa shape index (κ1) is 14.3. The molecule has 3 aliphatic rings. The number of piperidine rings is 1. The van der Waals surface area contributed by atoms with E-state index in [9.17, 15) is 9.90 Å². The van der Waals surface area contributed by atoms with Crippen molar-refractivity contribution in [2.24, 2.45) is 5.73 Å². The molecule has 0 aromatic rings. The number of carbonyl (C=O) groups is 1. The molecule has 1 aliphatic carbocycles. The molecule has 3 atom stereocenters. The summed E-state index contributed by atoms with van der Waals surface area (Å²) >= 11 is 0. The van der Waals surface area contributed by atoms with Crippen LogP contribution >= 0.6 is 0 Å². The predicted molar refractivity (Wildman–Crippen MR) is 77.6 cm³/mol. The number of carboxylic acids is 1. The number of hydrogen-bond donors (Lipinski definition) is 2. The highest BCUT2D eigenvalue weighted by Crippen LogP contribution is 2.32. The van der Waals surface area contributed by atoms with Gasteiger partial charge in [0, 0.05) is 31.7 Å². The Labute approximate surface area is 121 Å². The van der Waals surface area contributed by atoms with E-state index in [1.807, 2.05) is 0 Å². The minimum absolute atomic E-state index is 0.369. The van der Waals surface area contributed by atoms with Crippen LogP contribution in [0.2, 0.25) is 0 Å². The van der Waals surface area contributed by atoms with Gasteiger partial charge in [-0.25, -0.2) is 0 Å². The molecular formula is C15H27N3O2. The van der Waals surface area contributed by atoms with Crippen molar-refractivity contribution >= 4 is 5.97 Å². The zero-order chi connectivity index (χ0) is 14.2. The average molecular weight is 281 g/mol. The van der Waals surface area contributed by atoms with Crippen LogP contribution in [0.25, 0.3) is 0 Å². The van der Waals surface area contributed by atoms with Crippen molar-refractivity contribution in [3.63, 3.8) is 0 Å². The maximum absolute atomic E-state index is 11.4. The molecule has 2 aliphatic heterocycles. The van der Waals surface area contributed by atoms with Crippen molar-refractivity contribution in [1.82, 2.24) is 9.80 Å². The van der Waals surface area contributed by atoms with Crippen LogP contribution in [0.3, 0.4) is 0 Å². The fourth-order valence-corrected chi connectivity index (χ4v) is 4.30. The zero-order valence-corrected chi connectivity index (χ0v) is 12.3. The van der Waals surface area contributed by atoms with Gasteiger partial charge >= 0.3 is 5.97 Å². The second-order valence-electron chi connectivity index (χ2n) is 6.89. The lowest BCUT2D eigenvalue weighted by Gasteiger charge is -2.48. The maximum atomic E-state index is 11.4. The van der Waals surface area contributed by atoms with Gasteiger partial charge in [-0.1, -0.05) is 6.42 Å². The first-order valence-electron chi connectivity index (χ1n) is 8.09. The summed E-state index contributed by atoms with van der Waals surface area (Å²) in [6, 6.07) is 1.06. The largest absolute Gasteiger partial charge is 0.480 e. The van der Waals surface area contributed by atoms with Crippen LogP contribution in [0.1, 0.15) is 44.9 Å². The van der Waals surface area contributed by atoms with Gasteiger partial charge in [0.15, 0.2) is 0 Å². The van der Waals surface area contributed by atoms with Gasteiger partial charge in [0.2, 0.25) is 0 Å². The third-order valence-electron chi connectivity index (χ3n) is 5.57. The highest BCUT2D eigenvalue weighted by atomic mass is 16.4. The van der Waals surface area contributed by atoms with Crippen LogP contribution < -0.4 is 5.73 Å². The van der Waals surface area contributed by atoms with Crippen LogP contribution in [0.5, 0.6) is 0 Å². The lowest BCUT2D eigenvalue weighted by atomic mass is 9.78. The van der Waals surface area contributed by atoms with Gasteiger partial charge in [-0.3, -0.25) is 14.6 Å². The Hall–Kier alpha value is -0.650. The topological polar surface area (TPSA) is 69.8 Å². The first-order valence-corrected chi connectivity index (χ1v) is 8.09. The second kappa shape index (κ2) is 5.62. The SMILES string of the molecule is NC1(C(=O)O)CCCC(N2CCN3CCCCC3C2)C1. The normalized spacial score (nSPS) is 40.2. The average Bonchev–Trinajstić information content (AvgIpc) is 2.46. The fourth-order valence-electron chi connectivity index (χ4n) is 4.30. The summed E-state index contributed by atoms with van der Waals surface area (Å²) in [5.74, 6) is -0.821. The van der Waals surface area contributed by atoms with Gasteiger partial charge < -0.3 is 10.8 Å². The maximum Gasteiger partial charge on any atom is 0.323 e. The van der Waals surface area contributed by atoms with Crippen molar-refractivity contribution in [2.45, 2.75) is 62.6 Å². The van der Waals surface area contributed by atoms with Crippen molar-refractivity contribution in [3.8, 4) is 0 Å². The van der Waals surface area contributed by atoms with Crippen LogP contribution in [0, 0.1) is 0 Å².